The Labute approximate surface area is 83.1 Å². The molecule has 2 heterocycles. The molecule has 0 radical (unpaired) electrons. The van der Waals surface area contributed by atoms with Gasteiger partial charge < -0.3 is 14.2 Å². The third-order valence-electron chi connectivity index (χ3n) is 2.21. The van der Waals surface area contributed by atoms with Crippen molar-refractivity contribution in [1.29, 1.82) is 0 Å². The zero-order valence-corrected chi connectivity index (χ0v) is 9.10. The van der Waals surface area contributed by atoms with E-state index in [0.717, 1.165) is 5.75 Å². The van der Waals surface area contributed by atoms with Gasteiger partial charge in [-0.15, -0.1) is 11.8 Å². The van der Waals surface area contributed by atoms with Crippen LogP contribution in [0, 0.1) is 0 Å². The molecule has 2 aliphatic rings. The number of hydrogen-bond acceptors (Lipinski definition) is 4. The fraction of sp³-hybridized carbons (Fsp3) is 1.00. The number of rotatable bonds is 3. The lowest BCUT2D eigenvalue weighted by Gasteiger charge is -2.16. The lowest BCUT2D eigenvalue weighted by atomic mass is 10.3. The Balaban J connectivity index is 1.79. The Morgan fingerprint density at radius 1 is 1.46 bits per heavy atom. The van der Waals surface area contributed by atoms with E-state index in [0.29, 0.717) is 12.0 Å². The minimum atomic E-state index is -0.419. The van der Waals surface area contributed by atoms with Crippen LogP contribution in [0.2, 0.25) is 0 Å². The van der Waals surface area contributed by atoms with Crippen LogP contribution in [0.3, 0.4) is 0 Å². The first-order valence-corrected chi connectivity index (χ1v) is 5.76. The molecule has 2 fully saturated rings. The second kappa shape index (κ2) is 3.42. The van der Waals surface area contributed by atoms with Crippen LogP contribution >= 0.6 is 11.8 Å². The fourth-order valence-corrected chi connectivity index (χ4v) is 2.45. The summed E-state index contributed by atoms with van der Waals surface area (Å²) in [5.41, 5.74) is 0.340. The third-order valence-corrected chi connectivity index (χ3v) is 3.25. The van der Waals surface area contributed by atoms with Crippen LogP contribution in [0.5, 0.6) is 0 Å². The van der Waals surface area contributed by atoms with Crippen molar-refractivity contribution in [2.24, 2.45) is 0 Å². The van der Waals surface area contributed by atoms with Crippen molar-refractivity contribution >= 4 is 11.8 Å². The van der Waals surface area contributed by atoms with E-state index in [1.54, 1.807) is 0 Å². The Morgan fingerprint density at radius 3 is 2.77 bits per heavy atom. The van der Waals surface area contributed by atoms with E-state index in [1.807, 2.05) is 25.6 Å². The highest BCUT2D eigenvalue weighted by atomic mass is 32.2. The highest BCUT2D eigenvalue weighted by Gasteiger charge is 2.50. The van der Waals surface area contributed by atoms with Crippen LogP contribution in [0.4, 0.5) is 0 Å². The van der Waals surface area contributed by atoms with Gasteiger partial charge in [0.25, 0.3) is 0 Å². The van der Waals surface area contributed by atoms with Gasteiger partial charge in [-0.3, -0.25) is 0 Å². The molecule has 3 atom stereocenters. The molecule has 2 saturated heterocycles. The van der Waals surface area contributed by atoms with Crippen LogP contribution < -0.4 is 0 Å². The normalized spacial score (nSPS) is 42.2. The second-order valence-corrected chi connectivity index (χ2v) is 5.17. The third kappa shape index (κ3) is 2.18. The molecule has 2 rings (SSSR count). The molecule has 0 amide bonds. The molecular formula is C9H16O3S. The van der Waals surface area contributed by atoms with Crippen molar-refractivity contribution in [2.45, 2.75) is 44.2 Å². The first-order chi connectivity index (χ1) is 6.12. The summed E-state index contributed by atoms with van der Waals surface area (Å²) in [5.74, 6) is 0.677. The van der Waals surface area contributed by atoms with Gasteiger partial charge in [-0.1, -0.05) is 6.92 Å². The monoisotopic (exact) mass is 204 g/mol. The van der Waals surface area contributed by atoms with E-state index in [4.69, 9.17) is 14.2 Å². The number of epoxide rings is 1. The largest absolute Gasteiger partial charge is 0.355 e. The summed E-state index contributed by atoms with van der Waals surface area (Å²) < 4.78 is 16.7. The maximum atomic E-state index is 5.69. The van der Waals surface area contributed by atoms with Gasteiger partial charge in [0.05, 0.1) is 6.61 Å². The van der Waals surface area contributed by atoms with Crippen molar-refractivity contribution < 1.29 is 14.2 Å². The zero-order valence-electron chi connectivity index (χ0n) is 8.28. The number of ether oxygens (including phenoxy) is 3. The Bertz CT molecular complexity index is 195. The molecule has 2 aliphatic heterocycles. The summed E-state index contributed by atoms with van der Waals surface area (Å²) in [4.78, 5) is 0. The van der Waals surface area contributed by atoms with E-state index < -0.39 is 5.79 Å². The molecule has 4 heteroatoms. The smallest absolute Gasteiger partial charge is 0.163 e. The van der Waals surface area contributed by atoms with Gasteiger partial charge in [0.15, 0.2) is 5.79 Å². The highest BCUT2D eigenvalue weighted by Crippen LogP contribution is 2.40. The van der Waals surface area contributed by atoms with Crippen molar-refractivity contribution in [3.05, 3.63) is 0 Å². The molecule has 0 N–H and O–H groups in total. The molecule has 3 nitrogen and oxygen atoms in total. The maximum Gasteiger partial charge on any atom is 0.163 e. The van der Waals surface area contributed by atoms with Gasteiger partial charge >= 0.3 is 0 Å². The second-order valence-electron chi connectivity index (χ2n) is 3.79. The van der Waals surface area contributed by atoms with E-state index in [2.05, 4.69) is 6.92 Å². The van der Waals surface area contributed by atoms with Gasteiger partial charge in [0.2, 0.25) is 0 Å². The first kappa shape index (κ1) is 9.77. The van der Waals surface area contributed by atoms with Gasteiger partial charge in [-0.05, 0) is 19.6 Å². The number of hydrogen-bond donors (Lipinski definition) is 0. The molecule has 13 heavy (non-hydrogen) atoms. The topological polar surface area (TPSA) is 31.0 Å². The molecular weight excluding hydrogens is 188 g/mol. The molecule has 0 aromatic rings. The molecule has 0 aromatic carbocycles. The summed E-state index contributed by atoms with van der Waals surface area (Å²) in [6, 6.07) is 0. The van der Waals surface area contributed by atoms with Crippen LogP contribution in [-0.2, 0) is 14.2 Å². The molecule has 0 saturated carbocycles. The minimum Gasteiger partial charge on any atom is -0.355 e. The van der Waals surface area contributed by atoms with Gasteiger partial charge in [-0.2, -0.15) is 0 Å². The number of thioether (sulfide) groups is 1. The zero-order chi connectivity index (χ0) is 9.47. The summed E-state index contributed by atoms with van der Waals surface area (Å²) in [5, 5.41) is 0. The average molecular weight is 204 g/mol. The van der Waals surface area contributed by atoms with Gasteiger partial charge in [0, 0.05) is 0 Å². The molecule has 0 bridgehead atoms. The molecule has 0 spiro atoms. The molecule has 76 valence electrons. The lowest BCUT2D eigenvalue weighted by Crippen LogP contribution is -2.24. The van der Waals surface area contributed by atoms with Crippen LogP contribution in [-0.4, -0.2) is 35.8 Å². The van der Waals surface area contributed by atoms with Crippen molar-refractivity contribution in [1.82, 2.24) is 0 Å². The standard InChI is InChI=1S/C9H16O3S/c1-4-13-8-7(11-8)6-5-10-9(2,3)12-6/h6-8H,4-5H2,1-3H3/t6-,7-,8+/m1/s1. The lowest BCUT2D eigenvalue weighted by molar-refractivity contribution is -0.140. The molecule has 0 unspecified atom stereocenters. The summed E-state index contributed by atoms with van der Waals surface area (Å²) in [6.45, 7) is 6.69. The van der Waals surface area contributed by atoms with Gasteiger partial charge in [-0.25, -0.2) is 0 Å². The predicted octanol–water partition coefficient (Wildman–Crippen LogP) is 1.62. The van der Waals surface area contributed by atoms with Crippen molar-refractivity contribution in [2.75, 3.05) is 12.4 Å². The van der Waals surface area contributed by atoms with E-state index in [-0.39, 0.29) is 12.2 Å². The minimum absolute atomic E-state index is 0.138. The Hall–Kier alpha value is 0.230. The van der Waals surface area contributed by atoms with Crippen molar-refractivity contribution in [3.8, 4) is 0 Å². The van der Waals surface area contributed by atoms with Crippen LogP contribution in [0.25, 0.3) is 0 Å². The van der Waals surface area contributed by atoms with E-state index in [1.165, 1.54) is 0 Å². The van der Waals surface area contributed by atoms with Gasteiger partial charge in [0.1, 0.15) is 17.6 Å². The molecule has 0 aromatic heterocycles. The summed E-state index contributed by atoms with van der Waals surface area (Å²) >= 11 is 1.83. The molecule has 0 aliphatic carbocycles. The highest BCUT2D eigenvalue weighted by molar-refractivity contribution is 8.00. The Morgan fingerprint density at radius 2 is 2.23 bits per heavy atom. The van der Waals surface area contributed by atoms with Crippen LogP contribution in [0.15, 0.2) is 0 Å². The van der Waals surface area contributed by atoms with Crippen LogP contribution in [0.1, 0.15) is 20.8 Å². The average Bonchev–Trinajstić information content (AvgIpc) is 2.70. The summed E-state index contributed by atoms with van der Waals surface area (Å²) in [7, 11) is 0. The summed E-state index contributed by atoms with van der Waals surface area (Å²) in [6.07, 6.45) is 0.394. The van der Waals surface area contributed by atoms with E-state index >= 15 is 0 Å². The predicted molar refractivity (Wildman–Crippen MR) is 51.7 cm³/mol. The van der Waals surface area contributed by atoms with E-state index in [9.17, 15) is 0 Å². The van der Waals surface area contributed by atoms with Crippen molar-refractivity contribution in [3.63, 3.8) is 0 Å². The first-order valence-electron chi connectivity index (χ1n) is 4.71. The SMILES string of the molecule is CCS[C@@H]1O[C@@H]1[C@H]1COC(C)(C)O1. The maximum absolute atomic E-state index is 5.69. The Kier molecular flexibility index (Phi) is 2.57. The fourth-order valence-electron chi connectivity index (χ4n) is 1.55. The quantitative estimate of drug-likeness (QED) is 0.654.